The number of ether oxygens (including phenoxy) is 3. The van der Waals surface area contributed by atoms with E-state index < -0.39 is 6.10 Å². The van der Waals surface area contributed by atoms with E-state index in [2.05, 4.69) is 106 Å². The van der Waals surface area contributed by atoms with Crippen LogP contribution in [0.5, 0.6) is 0 Å². The Morgan fingerprint density at radius 3 is 0.732 bits per heavy atom. The first kappa shape index (κ1) is 78.6. The summed E-state index contributed by atoms with van der Waals surface area (Å²) >= 11 is 0. The van der Waals surface area contributed by atoms with Gasteiger partial charge in [-0.15, -0.1) is 0 Å². The van der Waals surface area contributed by atoms with Crippen molar-refractivity contribution in [1.29, 1.82) is 0 Å². The number of carbonyl (C=O) groups is 3. The summed E-state index contributed by atoms with van der Waals surface area (Å²) in [5, 5.41) is 0. The molecule has 0 aromatic heterocycles. The maximum atomic E-state index is 12.9. The lowest BCUT2D eigenvalue weighted by Gasteiger charge is -2.18. The van der Waals surface area contributed by atoms with Gasteiger partial charge in [0.15, 0.2) is 6.10 Å². The molecule has 0 saturated carbocycles. The summed E-state index contributed by atoms with van der Waals surface area (Å²) < 4.78 is 16.9. The molecule has 6 nitrogen and oxygen atoms in total. The second-order valence-electron chi connectivity index (χ2n) is 23.8. The van der Waals surface area contributed by atoms with Gasteiger partial charge in [-0.05, 0) is 70.6 Å². The zero-order valence-electron chi connectivity index (χ0n) is 54.5. The molecular formula is C76H134O6. The second kappa shape index (κ2) is 70.1. The van der Waals surface area contributed by atoms with Gasteiger partial charge in [0.2, 0.25) is 0 Å². The Morgan fingerprint density at radius 2 is 0.476 bits per heavy atom. The fourth-order valence-corrected chi connectivity index (χ4v) is 10.4. The van der Waals surface area contributed by atoms with E-state index in [1.807, 2.05) is 0 Å². The molecule has 0 fully saturated rings. The van der Waals surface area contributed by atoms with Gasteiger partial charge >= 0.3 is 17.9 Å². The third kappa shape index (κ3) is 67.4. The molecule has 0 amide bonds. The fourth-order valence-electron chi connectivity index (χ4n) is 10.4. The predicted molar refractivity (Wildman–Crippen MR) is 358 cm³/mol. The lowest BCUT2D eigenvalue weighted by atomic mass is 10.0. The van der Waals surface area contributed by atoms with Crippen LogP contribution in [-0.2, 0) is 28.6 Å². The van der Waals surface area contributed by atoms with Gasteiger partial charge in [0.1, 0.15) is 13.2 Å². The molecule has 0 radical (unpaired) electrons. The van der Waals surface area contributed by atoms with Crippen LogP contribution in [0.15, 0.2) is 85.1 Å². The van der Waals surface area contributed by atoms with Gasteiger partial charge in [-0.25, -0.2) is 0 Å². The van der Waals surface area contributed by atoms with Crippen LogP contribution in [0.3, 0.4) is 0 Å². The Morgan fingerprint density at radius 1 is 0.256 bits per heavy atom. The molecule has 6 heteroatoms. The number of allylic oxidation sites excluding steroid dienone is 14. The molecule has 0 aliphatic carbocycles. The molecule has 0 aliphatic heterocycles. The van der Waals surface area contributed by atoms with Crippen molar-refractivity contribution in [3.05, 3.63) is 85.1 Å². The van der Waals surface area contributed by atoms with Gasteiger partial charge in [0.05, 0.1) is 0 Å². The third-order valence-electron chi connectivity index (χ3n) is 15.7. The van der Waals surface area contributed by atoms with Crippen molar-refractivity contribution in [2.24, 2.45) is 0 Å². The van der Waals surface area contributed by atoms with Crippen molar-refractivity contribution in [2.75, 3.05) is 13.2 Å². The lowest BCUT2D eigenvalue weighted by Crippen LogP contribution is -2.30. The molecular weight excluding hydrogens is 1010 g/mol. The van der Waals surface area contributed by atoms with Gasteiger partial charge in [-0.2, -0.15) is 0 Å². The van der Waals surface area contributed by atoms with E-state index in [9.17, 15) is 14.4 Å². The van der Waals surface area contributed by atoms with Gasteiger partial charge in [-0.1, -0.05) is 356 Å². The van der Waals surface area contributed by atoms with Crippen LogP contribution in [0.4, 0.5) is 0 Å². The monoisotopic (exact) mass is 1140 g/mol. The van der Waals surface area contributed by atoms with E-state index in [0.717, 1.165) is 89.9 Å². The molecule has 1 unspecified atom stereocenters. The molecule has 0 heterocycles. The first-order valence-electron chi connectivity index (χ1n) is 35.6. The zero-order valence-corrected chi connectivity index (χ0v) is 54.5. The van der Waals surface area contributed by atoms with Gasteiger partial charge in [-0.3, -0.25) is 14.4 Å². The van der Waals surface area contributed by atoms with Gasteiger partial charge in [0, 0.05) is 19.3 Å². The van der Waals surface area contributed by atoms with E-state index >= 15 is 0 Å². The molecule has 0 aliphatic rings. The highest BCUT2D eigenvalue weighted by Crippen LogP contribution is 2.18. The Bertz CT molecular complexity index is 1550. The summed E-state index contributed by atoms with van der Waals surface area (Å²) in [6, 6.07) is 0. The normalized spacial score (nSPS) is 12.6. The summed E-state index contributed by atoms with van der Waals surface area (Å²) in [4.78, 5) is 38.3. The second-order valence-corrected chi connectivity index (χ2v) is 23.8. The van der Waals surface area contributed by atoms with Crippen molar-refractivity contribution in [3.8, 4) is 0 Å². The largest absolute Gasteiger partial charge is 0.462 e. The van der Waals surface area contributed by atoms with Crippen molar-refractivity contribution in [3.63, 3.8) is 0 Å². The topological polar surface area (TPSA) is 78.9 Å². The first-order valence-corrected chi connectivity index (χ1v) is 35.6. The minimum absolute atomic E-state index is 0.0957. The molecule has 0 N–H and O–H groups in total. The number of esters is 3. The number of unbranched alkanes of at least 4 members (excludes halogenated alkanes) is 40. The molecule has 1 atom stereocenters. The fraction of sp³-hybridized carbons (Fsp3) is 0.776. The number of hydrogen-bond acceptors (Lipinski definition) is 6. The van der Waals surface area contributed by atoms with Crippen LogP contribution in [0, 0.1) is 0 Å². The Kier molecular flexibility index (Phi) is 67.2. The SMILES string of the molecule is CC/C=C\C/C=C\C/C=C\C/C=C\C/C=C\C/C=C\C/C=C\CCCC(=O)OC(COC(=O)CCCCCCCCCCCC)COC(=O)CCCCCCCCCCCCCCCCCCCCCCCCCCCCCCCCC. The predicted octanol–water partition coefficient (Wildman–Crippen LogP) is 24.6. The highest BCUT2D eigenvalue weighted by Gasteiger charge is 2.19. The maximum absolute atomic E-state index is 12.9. The summed E-state index contributed by atoms with van der Waals surface area (Å²) in [5.74, 6) is -0.941. The number of rotatable bonds is 65. The molecule has 82 heavy (non-hydrogen) atoms. The summed E-state index contributed by atoms with van der Waals surface area (Å²) in [7, 11) is 0. The van der Waals surface area contributed by atoms with E-state index in [4.69, 9.17) is 14.2 Å². The van der Waals surface area contributed by atoms with Gasteiger partial charge in [0.25, 0.3) is 0 Å². The third-order valence-corrected chi connectivity index (χ3v) is 15.7. The first-order chi connectivity index (χ1) is 40.5. The average molecular weight is 1140 g/mol. The molecule has 0 aromatic carbocycles. The minimum Gasteiger partial charge on any atom is -0.462 e. The summed E-state index contributed by atoms with van der Waals surface area (Å²) in [5.41, 5.74) is 0. The number of hydrogen-bond donors (Lipinski definition) is 0. The van der Waals surface area contributed by atoms with Crippen molar-refractivity contribution >= 4 is 17.9 Å². The van der Waals surface area contributed by atoms with Crippen LogP contribution in [0.2, 0.25) is 0 Å². The van der Waals surface area contributed by atoms with Crippen LogP contribution in [-0.4, -0.2) is 37.2 Å². The molecule has 0 rings (SSSR count). The molecule has 474 valence electrons. The van der Waals surface area contributed by atoms with E-state index in [1.165, 1.54) is 225 Å². The quantitative estimate of drug-likeness (QED) is 0.0261. The van der Waals surface area contributed by atoms with Crippen molar-refractivity contribution < 1.29 is 28.6 Å². The Labute approximate surface area is 509 Å². The lowest BCUT2D eigenvalue weighted by molar-refractivity contribution is -0.167. The summed E-state index contributed by atoms with van der Waals surface area (Å²) in [6.07, 6.45) is 93.6. The average Bonchev–Trinajstić information content (AvgIpc) is 3.47. The van der Waals surface area contributed by atoms with Crippen LogP contribution >= 0.6 is 0 Å². The Balaban J connectivity index is 4.20. The molecule has 0 bridgehead atoms. The van der Waals surface area contributed by atoms with Crippen molar-refractivity contribution in [1.82, 2.24) is 0 Å². The van der Waals surface area contributed by atoms with Crippen molar-refractivity contribution in [2.45, 2.75) is 367 Å². The smallest absolute Gasteiger partial charge is 0.306 e. The minimum atomic E-state index is -0.805. The molecule has 0 saturated heterocycles. The van der Waals surface area contributed by atoms with Crippen LogP contribution in [0.25, 0.3) is 0 Å². The van der Waals surface area contributed by atoms with Crippen LogP contribution < -0.4 is 0 Å². The highest BCUT2D eigenvalue weighted by atomic mass is 16.6. The van der Waals surface area contributed by atoms with Gasteiger partial charge < -0.3 is 14.2 Å². The zero-order chi connectivity index (χ0) is 59.2. The molecule has 0 spiro atoms. The van der Waals surface area contributed by atoms with Crippen LogP contribution in [0.1, 0.15) is 361 Å². The van der Waals surface area contributed by atoms with E-state index in [0.29, 0.717) is 19.3 Å². The maximum Gasteiger partial charge on any atom is 0.306 e. The van der Waals surface area contributed by atoms with E-state index in [1.54, 1.807) is 0 Å². The number of carbonyl (C=O) groups excluding carboxylic acids is 3. The molecule has 0 aromatic rings. The highest BCUT2D eigenvalue weighted by molar-refractivity contribution is 5.71. The summed E-state index contributed by atoms with van der Waals surface area (Å²) in [6.45, 7) is 6.51. The van der Waals surface area contributed by atoms with E-state index in [-0.39, 0.29) is 37.5 Å². The Hall–Kier alpha value is -3.41. The standard InChI is InChI=1S/C76H134O6/c1-4-7-10-13-16-19-22-24-26-28-30-32-34-35-36-37-38-39-40-41-43-44-46-48-50-52-54-57-60-63-66-69-75(78)81-72-73(71-80-74(77)68-65-62-59-56-21-18-15-12-9-6-3)82-76(79)70-67-64-61-58-55-53-51-49-47-45-42-33-31-29-27-25-23-20-17-14-11-8-5-2/h8,11,17,20,25,27,31,33,45,47,51,53,58,61,73H,4-7,9-10,12-16,18-19,21-24,26,28-30,32,34-44,46,48-50,52,54-57,59-60,62-72H2,1-3H3/b11-8-,20-17-,27-25-,33-31-,47-45-,53-51-,61-58-.